The second-order valence-electron chi connectivity index (χ2n) is 2.98. The first kappa shape index (κ1) is 11.2. The van der Waals surface area contributed by atoms with Crippen LogP contribution >= 0.6 is 0 Å². The minimum Gasteiger partial charge on any atom is -0.369 e. The molecule has 0 bridgehead atoms. The molecule has 0 heterocycles. The van der Waals surface area contributed by atoms with Gasteiger partial charge in [-0.15, -0.1) is 4.40 Å². The molecule has 0 amide bonds. The van der Waals surface area contributed by atoms with Crippen molar-refractivity contribution in [3.8, 4) is 0 Å². The Labute approximate surface area is 72.9 Å². The number of rotatable bonds is 3. The summed E-state index contributed by atoms with van der Waals surface area (Å²) in [4.78, 5) is 0. The molecule has 0 rings (SSSR count). The molecule has 4 N–H and O–H groups in total. The fourth-order valence-corrected chi connectivity index (χ4v) is 1.72. The molecule has 0 aliphatic carbocycles. The Kier molecular flexibility index (Phi) is 3.51. The Bertz CT molecular complexity index is 265. The molecular weight excluding hydrogens is 178 g/mol. The fourth-order valence-electron chi connectivity index (χ4n) is 0.574. The standard InChI is InChI=1S/C6H15N3O2S/c1-4(2)5(3)12(10,11)9-6(7)8/h4-5H,1-3H3,(H4,7,8,9). The van der Waals surface area contributed by atoms with E-state index < -0.39 is 21.2 Å². The lowest BCUT2D eigenvalue weighted by atomic mass is 10.2. The van der Waals surface area contributed by atoms with E-state index in [0.717, 1.165) is 0 Å². The third-order valence-electron chi connectivity index (χ3n) is 1.64. The summed E-state index contributed by atoms with van der Waals surface area (Å²) in [6, 6.07) is 0. The Morgan fingerprint density at radius 2 is 1.67 bits per heavy atom. The van der Waals surface area contributed by atoms with E-state index in [4.69, 9.17) is 11.5 Å². The Morgan fingerprint density at radius 3 is 1.92 bits per heavy atom. The van der Waals surface area contributed by atoms with Crippen molar-refractivity contribution in [2.75, 3.05) is 0 Å². The largest absolute Gasteiger partial charge is 0.369 e. The van der Waals surface area contributed by atoms with E-state index >= 15 is 0 Å². The normalized spacial score (nSPS) is 14.3. The van der Waals surface area contributed by atoms with Gasteiger partial charge < -0.3 is 11.5 Å². The van der Waals surface area contributed by atoms with Gasteiger partial charge in [0.25, 0.3) is 10.0 Å². The molecule has 0 aliphatic rings. The van der Waals surface area contributed by atoms with Crippen LogP contribution in [0.5, 0.6) is 0 Å². The summed E-state index contributed by atoms with van der Waals surface area (Å²) in [7, 11) is -3.52. The molecule has 0 radical (unpaired) electrons. The van der Waals surface area contributed by atoms with Gasteiger partial charge >= 0.3 is 0 Å². The number of nitrogens with zero attached hydrogens (tertiary/aromatic N) is 1. The highest BCUT2D eigenvalue weighted by Crippen LogP contribution is 2.12. The third-order valence-corrected chi connectivity index (χ3v) is 3.59. The maximum Gasteiger partial charge on any atom is 0.259 e. The van der Waals surface area contributed by atoms with Crippen LogP contribution in [0.1, 0.15) is 20.8 Å². The molecule has 1 atom stereocenters. The highest BCUT2D eigenvalue weighted by Gasteiger charge is 2.22. The van der Waals surface area contributed by atoms with Crippen LogP contribution < -0.4 is 11.5 Å². The van der Waals surface area contributed by atoms with Crippen LogP contribution in [-0.4, -0.2) is 19.6 Å². The van der Waals surface area contributed by atoms with E-state index in [1.54, 1.807) is 20.8 Å². The molecule has 0 aromatic rings. The average molecular weight is 193 g/mol. The van der Waals surface area contributed by atoms with E-state index in [2.05, 4.69) is 4.40 Å². The summed E-state index contributed by atoms with van der Waals surface area (Å²) < 4.78 is 25.6. The maximum atomic E-state index is 11.2. The van der Waals surface area contributed by atoms with Crippen LogP contribution in [0.3, 0.4) is 0 Å². The van der Waals surface area contributed by atoms with Crippen molar-refractivity contribution in [2.24, 2.45) is 21.8 Å². The predicted octanol–water partition coefficient (Wildman–Crippen LogP) is -0.366. The summed E-state index contributed by atoms with van der Waals surface area (Å²) in [5, 5.41) is -0.556. The van der Waals surface area contributed by atoms with Gasteiger partial charge in [-0.1, -0.05) is 13.8 Å². The SMILES string of the molecule is CC(C)C(C)S(=O)(=O)N=C(N)N. The summed E-state index contributed by atoms with van der Waals surface area (Å²) in [5.41, 5.74) is 9.93. The molecule has 0 aromatic carbocycles. The Hall–Kier alpha value is -0.780. The number of sulfonamides is 1. The second-order valence-corrected chi connectivity index (χ2v) is 4.94. The van der Waals surface area contributed by atoms with Gasteiger partial charge in [0.05, 0.1) is 5.25 Å². The van der Waals surface area contributed by atoms with Crippen LogP contribution in [0.25, 0.3) is 0 Å². The van der Waals surface area contributed by atoms with Crippen molar-refractivity contribution in [2.45, 2.75) is 26.0 Å². The van der Waals surface area contributed by atoms with Crippen LogP contribution in [-0.2, 0) is 10.0 Å². The summed E-state index contributed by atoms with van der Waals surface area (Å²) >= 11 is 0. The van der Waals surface area contributed by atoms with E-state index in [0.29, 0.717) is 0 Å². The van der Waals surface area contributed by atoms with Crippen molar-refractivity contribution in [1.29, 1.82) is 0 Å². The molecule has 0 spiro atoms. The summed E-state index contributed by atoms with van der Waals surface area (Å²) in [5.74, 6) is -0.416. The lowest BCUT2D eigenvalue weighted by Gasteiger charge is -2.12. The lowest BCUT2D eigenvalue weighted by Crippen LogP contribution is -2.29. The van der Waals surface area contributed by atoms with Crippen molar-refractivity contribution >= 4 is 16.0 Å². The Balaban J connectivity index is 4.77. The van der Waals surface area contributed by atoms with Crippen LogP contribution in [0.4, 0.5) is 0 Å². The van der Waals surface area contributed by atoms with E-state index in [-0.39, 0.29) is 5.92 Å². The van der Waals surface area contributed by atoms with Gasteiger partial charge in [-0.05, 0) is 12.8 Å². The van der Waals surface area contributed by atoms with Gasteiger partial charge in [0, 0.05) is 0 Å². The molecule has 0 aromatic heterocycles. The zero-order valence-electron chi connectivity index (χ0n) is 7.48. The fraction of sp³-hybridized carbons (Fsp3) is 0.833. The number of hydrogen-bond donors (Lipinski definition) is 2. The minimum atomic E-state index is -3.52. The van der Waals surface area contributed by atoms with E-state index in [1.807, 2.05) is 0 Å². The number of hydrogen-bond acceptors (Lipinski definition) is 2. The molecule has 72 valence electrons. The smallest absolute Gasteiger partial charge is 0.259 e. The zero-order chi connectivity index (χ0) is 9.94. The topological polar surface area (TPSA) is 98.5 Å². The monoisotopic (exact) mass is 193 g/mol. The third kappa shape index (κ3) is 3.08. The van der Waals surface area contributed by atoms with Crippen molar-refractivity contribution in [3.05, 3.63) is 0 Å². The molecule has 12 heavy (non-hydrogen) atoms. The second kappa shape index (κ2) is 3.75. The Morgan fingerprint density at radius 1 is 1.25 bits per heavy atom. The maximum absolute atomic E-state index is 11.2. The highest BCUT2D eigenvalue weighted by molar-refractivity contribution is 7.90. The van der Waals surface area contributed by atoms with E-state index in [1.165, 1.54) is 0 Å². The zero-order valence-corrected chi connectivity index (χ0v) is 8.30. The predicted molar refractivity (Wildman–Crippen MR) is 49.0 cm³/mol. The molecule has 0 aliphatic heterocycles. The number of nitrogens with two attached hydrogens (primary N) is 2. The summed E-state index contributed by atoms with van der Waals surface area (Å²) in [6.07, 6.45) is 0. The highest BCUT2D eigenvalue weighted by atomic mass is 32.2. The van der Waals surface area contributed by atoms with Crippen LogP contribution in [0, 0.1) is 5.92 Å². The molecule has 0 saturated heterocycles. The van der Waals surface area contributed by atoms with Crippen LogP contribution in [0.15, 0.2) is 4.40 Å². The molecular formula is C6H15N3O2S. The van der Waals surface area contributed by atoms with Gasteiger partial charge in [0.2, 0.25) is 5.96 Å². The van der Waals surface area contributed by atoms with Gasteiger partial charge in [0.15, 0.2) is 0 Å². The number of guanidine groups is 1. The minimum absolute atomic E-state index is 0.00176. The molecule has 6 heteroatoms. The van der Waals surface area contributed by atoms with Gasteiger partial charge in [-0.25, -0.2) is 8.42 Å². The first-order valence-corrected chi connectivity index (χ1v) is 5.12. The first-order chi connectivity index (χ1) is 5.27. The average Bonchev–Trinajstić information content (AvgIpc) is 1.82. The quantitative estimate of drug-likeness (QED) is 0.472. The van der Waals surface area contributed by atoms with Crippen molar-refractivity contribution in [1.82, 2.24) is 0 Å². The molecule has 0 fully saturated rings. The molecule has 0 saturated carbocycles. The first-order valence-electron chi connectivity index (χ1n) is 3.62. The van der Waals surface area contributed by atoms with Gasteiger partial charge in [-0.3, -0.25) is 0 Å². The van der Waals surface area contributed by atoms with Crippen LogP contribution in [0.2, 0.25) is 0 Å². The van der Waals surface area contributed by atoms with Gasteiger partial charge in [-0.2, -0.15) is 0 Å². The lowest BCUT2D eigenvalue weighted by molar-refractivity contribution is 0.547. The molecule has 1 unspecified atom stereocenters. The molecule has 5 nitrogen and oxygen atoms in total. The van der Waals surface area contributed by atoms with Crippen molar-refractivity contribution < 1.29 is 8.42 Å². The van der Waals surface area contributed by atoms with E-state index in [9.17, 15) is 8.42 Å². The van der Waals surface area contributed by atoms with Crippen molar-refractivity contribution in [3.63, 3.8) is 0 Å². The summed E-state index contributed by atoms with van der Waals surface area (Å²) in [6.45, 7) is 5.17. The van der Waals surface area contributed by atoms with Gasteiger partial charge in [0.1, 0.15) is 0 Å².